The van der Waals surface area contributed by atoms with Crippen molar-refractivity contribution in [3.8, 4) is 0 Å². The summed E-state index contributed by atoms with van der Waals surface area (Å²) >= 11 is 0. The van der Waals surface area contributed by atoms with Gasteiger partial charge < -0.3 is 14.5 Å². The van der Waals surface area contributed by atoms with Crippen LogP contribution in [-0.2, 0) is 16.1 Å². The zero-order chi connectivity index (χ0) is 18.7. The van der Waals surface area contributed by atoms with Gasteiger partial charge in [0.15, 0.2) is 0 Å². The number of rotatable bonds is 4. The highest BCUT2D eigenvalue weighted by Gasteiger charge is 2.33. The molecular formula is C18H29N5O3. The van der Waals surface area contributed by atoms with Crippen molar-refractivity contribution in [1.82, 2.24) is 24.8 Å². The summed E-state index contributed by atoms with van der Waals surface area (Å²) in [5, 5.41) is 7.76. The van der Waals surface area contributed by atoms with Gasteiger partial charge in [-0.05, 0) is 39.5 Å². The van der Waals surface area contributed by atoms with Gasteiger partial charge in [0.05, 0.1) is 6.20 Å². The van der Waals surface area contributed by atoms with E-state index in [0.29, 0.717) is 31.3 Å². The van der Waals surface area contributed by atoms with Crippen molar-refractivity contribution in [2.24, 2.45) is 11.8 Å². The van der Waals surface area contributed by atoms with Gasteiger partial charge in [-0.25, -0.2) is 4.79 Å². The van der Waals surface area contributed by atoms with Crippen LogP contribution in [0.4, 0.5) is 4.79 Å². The summed E-state index contributed by atoms with van der Waals surface area (Å²) in [6.45, 7) is 9.38. The first-order chi connectivity index (χ1) is 12.3. The minimum absolute atomic E-state index is 0.232. The predicted molar refractivity (Wildman–Crippen MR) is 95.2 cm³/mol. The van der Waals surface area contributed by atoms with Crippen molar-refractivity contribution in [1.29, 1.82) is 0 Å². The van der Waals surface area contributed by atoms with E-state index in [1.807, 2.05) is 36.5 Å². The largest absolute Gasteiger partial charge is 0.444 e. The maximum absolute atomic E-state index is 12.4. The number of carbonyl (C=O) groups is 2. The molecule has 2 aliphatic heterocycles. The van der Waals surface area contributed by atoms with Crippen LogP contribution in [0.1, 0.15) is 40.0 Å². The molecule has 0 bridgehead atoms. The Bertz CT molecular complexity index is 611. The number of likely N-dealkylation sites (tertiary alicyclic amines) is 2. The Hall–Kier alpha value is -2.12. The van der Waals surface area contributed by atoms with Crippen LogP contribution in [0.15, 0.2) is 12.4 Å². The average Bonchev–Trinajstić information content (AvgIpc) is 3.02. The van der Waals surface area contributed by atoms with Crippen LogP contribution in [0, 0.1) is 11.8 Å². The molecule has 26 heavy (non-hydrogen) atoms. The monoisotopic (exact) mass is 363 g/mol. The Morgan fingerprint density at radius 3 is 2.38 bits per heavy atom. The van der Waals surface area contributed by atoms with Gasteiger partial charge in [0.25, 0.3) is 0 Å². The van der Waals surface area contributed by atoms with Gasteiger partial charge in [0.1, 0.15) is 5.60 Å². The summed E-state index contributed by atoms with van der Waals surface area (Å²) in [4.78, 5) is 28.2. The molecule has 1 aromatic rings. The second kappa shape index (κ2) is 7.63. The minimum atomic E-state index is -0.468. The molecule has 144 valence electrons. The first-order valence-corrected chi connectivity index (χ1v) is 9.40. The normalized spacial score (nSPS) is 19.3. The first kappa shape index (κ1) is 18.7. The number of hydrogen-bond donors (Lipinski definition) is 0. The molecule has 0 unspecified atom stereocenters. The van der Waals surface area contributed by atoms with Gasteiger partial charge in [-0.3, -0.25) is 9.48 Å². The molecule has 1 aromatic heterocycles. The Kier molecular flexibility index (Phi) is 5.48. The van der Waals surface area contributed by atoms with Gasteiger partial charge in [0, 0.05) is 51.3 Å². The maximum Gasteiger partial charge on any atom is 0.410 e. The fourth-order valence-corrected chi connectivity index (χ4v) is 3.51. The number of hydrogen-bond acceptors (Lipinski definition) is 5. The second-order valence-electron chi connectivity index (χ2n) is 8.40. The summed E-state index contributed by atoms with van der Waals surface area (Å²) in [6, 6.07) is 0. The van der Waals surface area contributed by atoms with Crippen LogP contribution in [0.25, 0.3) is 0 Å². The fourth-order valence-electron chi connectivity index (χ4n) is 3.51. The Labute approximate surface area is 154 Å². The van der Waals surface area contributed by atoms with Crippen LogP contribution in [-0.4, -0.2) is 68.6 Å². The molecule has 2 amide bonds. The number of ether oxygens (including phenoxy) is 1. The highest BCUT2D eigenvalue weighted by molar-refractivity contribution is 5.77. The van der Waals surface area contributed by atoms with E-state index in [-0.39, 0.29) is 12.0 Å². The predicted octanol–water partition coefficient (Wildman–Crippen LogP) is 1.77. The van der Waals surface area contributed by atoms with Crippen molar-refractivity contribution in [2.45, 2.75) is 52.2 Å². The summed E-state index contributed by atoms with van der Waals surface area (Å²) in [7, 11) is 0. The van der Waals surface area contributed by atoms with E-state index >= 15 is 0 Å². The molecule has 3 rings (SSSR count). The minimum Gasteiger partial charge on any atom is -0.444 e. The molecule has 8 heteroatoms. The highest BCUT2D eigenvalue weighted by Crippen LogP contribution is 2.25. The fraction of sp³-hybridized carbons (Fsp3) is 0.778. The number of carbonyl (C=O) groups excluding carboxylic acids is 2. The summed E-state index contributed by atoms with van der Waals surface area (Å²) in [6.07, 6.45) is 5.58. The lowest BCUT2D eigenvalue weighted by atomic mass is 9.91. The Balaban J connectivity index is 1.35. The van der Waals surface area contributed by atoms with Gasteiger partial charge in [0.2, 0.25) is 5.91 Å². The first-order valence-electron chi connectivity index (χ1n) is 9.40. The zero-order valence-corrected chi connectivity index (χ0v) is 15.9. The van der Waals surface area contributed by atoms with Crippen molar-refractivity contribution >= 4 is 12.0 Å². The Morgan fingerprint density at radius 2 is 1.81 bits per heavy atom. The number of aromatic nitrogens is 3. The third kappa shape index (κ3) is 4.95. The maximum atomic E-state index is 12.4. The molecule has 0 radical (unpaired) electrons. The van der Waals surface area contributed by atoms with Gasteiger partial charge in [-0.2, -0.15) is 0 Å². The van der Waals surface area contributed by atoms with E-state index in [1.54, 1.807) is 11.1 Å². The molecule has 8 nitrogen and oxygen atoms in total. The van der Waals surface area contributed by atoms with E-state index in [2.05, 4.69) is 10.3 Å². The second-order valence-corrected chi connectivity index (χ2v) is 8.40. The van der Waals surface area contributed by atoms with E-state index in [4.69, 9.17) is 4.74 Å². The third-order valence-corrected chi connectivity index (χ3v) is 4.96. The van der Waals surface area contributed by atoms with Crippen molar-refractivity contribution < 1.29 is 14.3 Å². The number of amides is 2. The summed E-state index contributed by atoms with van der Waals surface area (Å²) < 4.78 is 7.23. The molecule has 0 spiro atoms. The van der Waals surface area contributed by atoms with Crippen molar-refractivity contribution in [3.05, 3.63) is 12.4 Å². The van der Waals surface area contributed by atoms with Crippen LogP contribution >= 0.6 is 0 Å². The van der Waals surface area contributed by atoms with E-state index in [1.165, 1.54) is 0 Å². The molecular weight excluding hydrogens is 334 g/mol. The molecule has 2 aliphatic rings. The van der Waals surface area contributed by atoms with Crippen LogP contribution in [0.2, 0.25) is 0 Å². The summed E-state index contributed by atoms with van der Waals surface area (Å²) in [5.41, 5.74) is -0.468. The van der Waals surface area contributed by atoms with E-state index < -0.39 is 5.60 Å². The molecule has 0 saturated carbocycles. The van der Waals surface area contributed by atoms with Crippen LogP contribution in [0.3, 0.4) is 0 Å². The number of nitrogens with zero attached hydrogens (tertiary/aromatic N) is 5. The van der Waals surface area contributed by atoms with E-state index in [9.17, 15) is 9.59 Å². The van der Waals surface area contributed by atoms with Crippen molar-refractivity contribution in [2.75, 3.05) is 26.2 Å². The molecule has 3 heterocycles. The summed E-state index contributed by atoms with van der Waals surface area (Å²) in [5.74, 6) is 1.06. The lowest BCUT2D eigenvalue weighted by molar-refractivity contribution is -0.139. The molecule has 2 saturated heterocycles. The molecule has 2 fully saturated rings. The topological polar surface area (TPSA) is 80.6 Å². The van der Waals surface area contributed by atoms with Gasteiger partial charge >= 0.3 is 6.09 Å². The lowest BCUT2D eigenvalue weighted by Crippen LogP contribution is -2.52. The van der Waals surface area contributed by atoms with Crippen molar-refractivity contribution in [3.63, 3.8) is 0 Å². The molecule has 0 atom stereocenters. The van der Waals surface area contributed by atoms with Gasteiger partial charge in [-0.1, -0.05) is 5.21 Å². The third-order valence-electron chi connectivity index (χ3n) is 4.96. The molecule has 0 aliphatic carbocycles. The SMILES string of the molecule is CC(C)(C)OC(=O)N1CCC(CC(=O)N2CC(Cn3ccnn3)C2)CC1. The van der Waals surface area contributed by atoms with Gasteiger partial charge in [-0.15, -0.1) is 5.10 Å². The molecule has 0 N–H and O–H groups in total. The number of piperidine rings is 1. The van der Waals surface area contributed by atoms with E-state index in [0.717, 1.165) is 32.5 Å². The standard InChI is InChI=1S/C18H29N5O3/c1-18(2,3)26-17(25)21-7-4-14(5-8-21)10-16(24)22-11-15(12-22)13-23-9-6-19-20-23/h6,9,14-15H,4-5,7-8,10-13H2,1-3H3. The Morgan fingerprint density at radius 1 is 1.12 bits per heavy atom. The quantitative estimate of drug-likeness (QED) is 0.814. The van der Waals surface area contributed by atoms with Crippen LogP contribution in [0.5, 0.6) is 0 Å². The lowest BCUT2D eigenvalue weighted by Gasteiger charge is -2.40. The highest BCUT2D eigenvalue weighted by atomic mass is 16.6. The smallest absolute Gasteiger partial charge is 0.410 e. The van der Waals surface area contributed by atoms with Crippen LogP contribution < -0.4 is 0 Å². The average molecular weight is 363 g/mol. The molecule has 0 aromatic carbocycles. The zero-order valence-electron chi connectivity index (χ0n) is 15.9.